The van der Waals surface area contributed by atoms with Crippen molar-refractivity contribution in [3.8, 4) is 0 Å². The van der Waals surface area contributed by atoms with Crippen LogP contribution in [-0.2, 0) is 26.1 Å². The summed E-state index contributed by atoms with van der Waals surface area (Å²) in [6.07, 6.45) is 0.792. The predicted molar refractivity (Wildman–Crippen MR) is 124 cm³/mol. The Labute approximate surface area is 197 Å². The van der Waals surface area contributed by atoms with Crippen molar-refractivity contribution in [1.29, 1.82) is 0 Å². The molecular formula is C22H28FN3O5S2. The smallest absolute Gasteiger partial charge is 0.350 e. The molecule has 180 valence electrons. The Morgan fingerprint density at radius 1 is 1.21 bits per heavy atom. The SMILES string of the molecule is CCOC(=O)c1sc(N(Cc2ccc(F)cc2)C(=O)C2CCN(S(=O)(=O)CC)CC2)nc1C. The number of amides is 1. The Morgan fingerprint density at radius 2 is 1.85 bits per heavy atom. The highest BCUT2D eigenvalue weighted by atomic mass is 32.2. The van der Waals surface area contributed by atoms with Crippen molar-refractivity contribution in [2.75, 3.05) is 30.3 Å². The second kappa shape index (κ2) is 10.7. The van der Waals surface area contributed by atoms with E-state index in [0.717, 1.165) is 11.3 Å². The molecule has 1 aromatic heterocycles. The zero-order chi connectivity index (χ0) is 24.2. The van der Waals surface area contributed by atoms with Crippen LogP contribution in [0.4, 0.5) is 9.52 Å². The van der Waals surface area contributed by atoms with Crippen LogP contribution in [0.1, 0.15) is 47.6 Å². The summed E-state index contributed by atoms with van der Waals surface area (Å²) in [7, 11) is -3.30. The van der Waals surface area contributed by atoms with Crippen molar-refractivity contribution in [3.05, 3.63) is 46.2 Å². The van der Waals surface area contributed by atoms with E-state index in [4.69, 9.17) is 4.74 Å². The molecule has 33 heavy (non-hydrogen) atoms. The quantitative estimate of drug-likeness (QED) is 0.519. The minimum Gasteiger partial charge on any atom is -0.462 e. The van der Waals surface area contributed by atoms with E-state index in [-0.39, 0.29) is 49.6 Å². The zero-order valence-corrected chi connectivity index (χ0v) is 20.5. The van der Waals surface area contributed by atoms with Gasteiger partial charge in [-0.05, 0) is 51.3 Å². The number of esters is 1. The molecule has 11 heteroatoms. The summed E-state index contributed by atoms with van der Waals surface area (Å²) in [5, 5.41) is 0.355. The summed E-state index contributed by atoms with van der Waals surface area (Å²) in [5.41, 5.74) is 1.18. The van der Waals surface area contributed by atoms with Gasteiger partial charge < -0.3 is 4.74 Å². The molecule has 1 amide bonds. The molecule has 1 saturated heterocycles. The first-order valence-electron chi connectivity index (χ1n) is 10.8. The first-order chi connectivity index (χ1) is 15.7. The van der Waals surface area contributed by atoms with Gasteiger partial charge in [-0.1, -0.05) is 23.5 Å². The monoisotopic (exact) mass is 497 g/mol. The number of anilines is 1. The number of hydrogen-bond donors (Lipinski definition) is 0. The van der Waals surface area contributed by atoms with Crippen LogP contribution in [0.3, 0.4) is 0 Å². The number of sulfonamides is 1. The number of aryl methyl sites for hydroxylation is 1. The van der Waals surface area contributed by atoms with E-state index in [0.29, 0.717) is 34.1 Å². The Bertz CT molecular complexity index is 1090. The van der Waals surface area contributed by atoms with Crippen molar-refractivity contribution in [2.24, 2.45) is 5.92 Å². The average Bonchev–Trinajstić information content (AvgIpc) is 3.20. The molecular weight excluding hydrogens is 469 g/mol. The minimum absolute atomic E-state index is 0.0251. The number of halogens is 1. The van der Waals surface area contributed by atoms with E-state index >= 15 is 0 Å². The van der Waals surface area contributed by atoms with Crippen molar-refractivity contribution in [3.63, 3.8) is 0 Å². The van der Waals surface area contributed by atoms with E-state index in [1.165, 1.54) is 21.3 Å². The molecule has 3 rings (SSSR count). The molecule has 0 N–H and O–H groups in total. The summed E-state index contributed by atoms with van der Waals surface area (Å²) in [6, 6.07) is 5.84. The number of carbonyl (C=O) groups excluding carboxylic acids is 2. The number of aromatic nitrogens is 1. The molecule has 0 saturated carbocycles. The fourth-order valence-electron chi connectivity index (χ4n) is 3.68. The van der Waals surface area contributed by atoms with Gasteiger partial charge in [0.15, 0.2) is 5.13 Å². The van der Waals surface area contributed by atoms with Crippen molar-refractivity contribution >= 4 is 38.4 Å². The molecule has 1 aliphatic rings. The Morgan fingerprint density at radius 3 is 2.42 bits per heavy atom. The van der Waals surface area contributed by atoms with Gasteiger partial charge >= 0.3 is 5.97 Å². The number of rotatable bonds is 8. The highest BCUT2D eigenvalue weighted by Crippen LogP contribution is 2.31. The lowest BCUT2D eigenvalue weighted by Crippen LogP contribution is -2.44. The number of thiazole rings is 1. The number of nitrogens with zero attached hydrogens (tertiary/aromatic N) is 3. The average molecular weight is 498 g/mol. The molecule has 1 aromatic carbocycles. The number of piperidine rings is 1. The van der Waals surface area contributed by atoms with Gasteiger partial charge in [0.05, 0.1) is 24.6 Å². The Balaban J connectivity index is 1.86. The van der Waals surface area contributed by atoms with Crippen LogP contribution < -0.4 is 4.90 Å². The maximum atomic E-state index is 13.5. The topological polar surface area (TPSA) is 96.9 Å². The summed E-state index contributed by atoms with van der Waals surface area (Å²) in [4.78, 5) is 32.1. The molecule has 2 heterocycles. The van der Waals surface area contributed by atoms with Crippen LogP contribution in [0, 0.1) is 18.7 Å². The van der Waals surface area contributed by atoms with Crippen molar-refractivity contribution < 1.29 is 27.1 Å². The van der Waals surface area contributed by atoms with E-state index in [1.54, 1.807) is 32.9 Å². The van der Waals surface area contributed by atoms with Crippen LogP contribution in [0.15, 0.2) is 24.3 Å². The van der Waals surface area contributed by atoms with Gasteiger partial charge in [0.2, 0.25) is 15.9 Å². The molecule has 0 unspecified atom stereocenters. The van der Waals surface area contributed by atoms with E-state index in [9.17, 15) is 22.4 Å². The van der Waals surface area contributed by atoms with Crippen molar-refractivity contribution in [1.82, 2.24) is 9.29 Å². The fourth-order valence-corrected chi connectivity index (χ4v) is 5.78. The highest BCUT2D eigenvalue weighted by molar-refractivity contribution is 7.89. The Hall–Kier alpha value is -2.37. The van der Waals surface area contributed by atoms with Gasteiger partial charge in [0, 0.05) is 19.0 Å². The molecule has 0 radical (unpaired) electrons. The normalized spacial score (nSPS) is 15.4. The third kappa shape index (κ3) is 5.96. The van der Waals surface area contributed by atoms with Crippen LogP contribution in [0.5, 0.6) is 0 Å². The van der Waals surface area contributed by atoms with E-state index in [1.807, 2.05) is 0 Å². The lowest BCUT2D eigenvalue weighted by atomic mass is 9.96. The molecule has 8 nitrogen and oxygen atoms in total. The Kier molecular flexibility index (Phi) is 8.19. The summed E-state index contributed by atoms with van der Waals surface area (Å²) in [6.45, 7) is 5.93. The van der Waals surface area contributed by atoms with Gasteiger partial charge in [-0.15, -0.1) is 0 Å². The van der Waals surface area contributed by atoms with Gasteiger partial charge in [0.25, 0.3) is 0 Å². The maximum Gasteiger partial charge on any atom is 0.350 e. The molecule has 0 spiro atoms. The molecule has 2 aromatic rings. The highest BCUT2D eigenvalue weighted by Gasteiger charge is 2.34. The lowest BCUT2D eigenvalue weighted by molar-refractivity contribution is -0.123. The third-order valence-electron chi connectivity index (χ3n) is 5.56. The number of hydrogen-bond acceptors (Lipinski definition) is 7. The standard InChI is InChI=1S/C22H28FN3O5S2/c1-4-31-21(28)19-15(3)24-22(32-19)26(14-16-6-8-18(23)9-7-16)20(27)17-10-12-25(13-11-17)33(29,30)5-2/h6-9,17H,4-5,10-14H2,1-3H3. The number of benzene rings is 1. The van der Waals surface area contributed by atoms with Crippen LogP contribution in [0.25, 0.3) is 0 Å². The lowest BCUT2D eigenvalue weighted by Gasteiger charge is -2.32. The number of carbonyl (C=O) groups is 2. The van der Waals surface area contributed by atoms with E-state index in [2.05, 4.69) is 4.98 Å². The largest absolute Gasteiger partial charge is 0.462 e. The summed E-state index contributed by atoms with van der Waals surface area (Å²) in [5.74, 6) is -1.43. The van der Waals surface area contributed by atoms with Gasteiger partial charge in [-0.2, -0.15) is 0 Å². The van der Waals surface area contributed by atoms with Gasteiger partial charge in [-0.3, -0.25) is 9.69 Å². The van der Waals surface area contributed by atoms with Gasteiger partial charge in [0.1, 0.15) is 10.7 Å². The van der Waals surface area contributed by atoms with E-state index < -0.39 is 16.0 Å². The van der Waals surface area contributed by atoms with Crippen molar-refractivity contribution in [2.45, 2.75) is 40.2 Å². The minimum atomic E-state index is -3.30. The summed E-state index contributed by atoms with van der Waals surface area (Å²) < 4.78 is 44.2. The molecule has 0 bridgehead atoms. The third-order valence-corrected chi connectivity index (χ3v) is 8.60. The molecule has 1 aliphatic heterocycles. The molecule has 0 aliphatic carbocycles. The second-order valence-electron chi connectivity index (χ2n) is 7.76. The first kappa shape index (κ1) is 25.3. The second-order valence-corrected chi connectivity index (χ2v) is 11.0. The number of ether oxygens (including phenoxy) is 1. The predicted octanol–water partition coefficient (Wildman–Crippen LogP) is 3.36. The first-order valence-corrected chi connectivity index (χ1v) is 13.3. The van der Waals surface area contributed by atoms with Crippen LogP contribution in [-0.4, -0.2) is 55.0 Å². The zero-order valence-electron chi connectivity index (χ0n) is 18.9. The molecule has 1 fully saturated rings. The van der Waals surface area contributed by atoms with Gasteiger partial charge in [-0.25, -0.2) is 26.9 Å². The van der Waals surface area contributed by atoms with Crippen LogP contribution >= 0.6 is 11.3 Å². The van der Waals surface area contributed by atoms with Crippen LogP contribution in [0.2, 0.25) is 0 Å². The summed E-state index contributed by atoms with van der Waals surface area (Å²) >= 11 is 1.08. The fraction of sp³-hybridized carbons (Fsp3) is 0.500. The molecule has 0 atom stereocenters. The maximum absolute atomic E-state index is 13.5.